The van der Waals surface area contributed by atoms with Crippen molar-refractivity contribution in [3.05, 3.63) is 17.5 Å². The first-order chi connectivity index (χ1) is 10.0. The fourth-order valence-electron chi connectivity index (χ4n) is 2.07. The van der Waals surface area contributed by atoms with Crippen LogP contribution in [0.15, 0.2) is 6.07 Å². The monoisotopic (exact) mass is 308 g/mol. The normalized spacial score (nSPS) is 11.6. The summed E-state index contributed by atoms with van der Waals surface area (Å²) in [5.41, 5.74) is 1.10. The second kappa shape index (κ2) is 6.94. The summed E-state index contributed by atoms with van der Waals surface area (Å²) in [5.74, 6) is -0.103. The molecule has 1 aromatic heterocycles. The van der Waals surface area contributed by atoms with Crippen LogP contribution in [0.3, 0.4) is 0 Å². The fourth-order valence-corrected chi connectivity index (χ4v) is 2.07. The summed E-state index contributed by atoms with van der Waals surface area (Å²) in [4.78, 5) is 25.9. The summed E-state index contributed by atoms with van der Waals surface area (Å²) >= 11 is 0. The Morgan fingerprint density at radius 3 is 2.41 bits per heavy atom. The van der Waals surface area contributed by atoms with Gasteiger partial charge in [-0.05, 0) is 39.7 Å². The third-order valence-electron chi connectivity index (χ3n) is 3.15. The van der Waals surface area contributed by atoms with Crippen LogP contribution < -0.4 is 5.32 Å². The second-order valence-electron chi connectivity index (χ2n) is 6.88. The molecule has 0 spiro atoms. The summed E-state index contributed by atoms with van der Waals surface area (Å²) in [5, 5.41) is 7.29. The van der Waals surface area contributed by atoms with Gasteiger partial charge in [-0.2, -0.15) is 5.10 Å². The first kappa shape index (κ1) is 18.2. The lowest BCUT2D eigenvalue weighted by Crippen LogP contribution is -2.46. The molecule has 0 radical (unpaired) electrons. The van der Waals surface area contributed by atoms with Gasteiger partial charge in [0.05, 0.1) is 12.2 Å². The SMILES string of the molecule is CCn1nc(C(C)C)cc1C(=O)N(C)CC(=O)NC(C)(C)C. The topological polar surface area (TPSA) is 67.2 Å². The van der Waals surface area contributed by atoms with Crippen LogP contribution in [0.2, 0.25) is 0 Å². The number of aromatic nitrogens is 2. The molecule has 0 unspecified atom stereocenters. The van der Waals surface area contributed by atoms with E-state index in [1.54, 1.807) is 11.7 Å². The van der Waals surface area contributed by atoms with Crippen molar-refractivity contribution in [1.29, 1.82) is 0 Å². The molecule has 1 rings (SSSR count). The molecule has 1 heterocycles. The maximum atomic E-state index is 12.5. The molecular formula is C16H28N4O2. The number of nitrogens with zero attached hydrogens (tertiary/aromatic N) is 3. The highest BCUT2D eigenvalue weighted by atomic mass is 16.2. The standard InChI is InChI=1S/C16H28N4O2/c1-8-20-13(9-12(18-20)11(2)3)15(22)19(7)10-14(21)17-16(4,5)6/h9,11H,8,10H2,1-7H3,(H,17,21). The average molecular weight is 308 g/mol. The first-order valence-corrected chi connectivity index (χ1v) is 7.69. The van der Waals surface area contributed by atoms with Crippen LogP contribution in [-0.2, 0) is 11.3 Å². The smallest absolute Gasteiger partial charge is 0.272 e. The summed E-state index contributed by atoms with van der Waals surface area (Å²) in [6, 6.07) is 1.81. The minimum absolute atomic E-state index is 0.0298. The predicted molar refractivity (Wildman–Crippen MR) is 86.8 cm³/mol. The number of hydrogen-bond donors (Lipinski definition) is 1. The van der Waals surface area contributed by atoms with Gasteiger partial charge in [0.15, 0.2) is 0 Å². The zero-order valence-corrected chi connectivity index (χ0v) is 14.7. The molecule has 0 saturated heterocycles. The number of carbonyl (C=O) groups is 2. The molecule has 0 bridgehead atoms. The molecule has 6 nitrogen and oxygen atoms in total. The van der Waals surface area contributed by atoms with Crippen LogP contribution in [0.1, 0.15) is 63.6 Å². The van der Waals surface area contributed by atoms with E-state index in [-0.39, 0.29) is 29.8 Å². The van der Waals surface area contributed by atoms with Gasteiger partial charge < -0.3 is 10.2 Å². The van der Waals surface area contributed by atoms with Gasteiger partial charge in [0.2, 0.25) is 5.91 Å². The Balaban J connectivity index is 2.85. The van der Waals surface area contributed by atoms with E-state index in [0.29, 0.717) is 12.2 Å². The number of aryl methyl sites for hydroxylation is 1. The molecule has 0 aliphatic carbocycles. The highest BCUT2D eigenvalue weighted by Crippen LogP contribution is 2.15. The molecular weight excluding hydrogens is 280 g/mol. The van der Waals surface area contributed by atoms with Crippen molar-refractivity contribution in [2.24, 2.45) is 0 Å². The van der Waals surface area contributed by atoms with Gasteiger partial charge in [-0.1, -0.05) is 13.8 Å². The van der Waals surface area contributed by atoms with Gasteiger partial charge >= 0.3 is 0 Å². The van der Waals surface area contributed by atoms with Crippen molar-refractivity contribution in [2.45, 2.75) is 59.5 Å². The quantitative estimate of drug-likeness (QED) is 0.905. The molecule has 0 aromatic carbocycles. The Kier molecular flexibility index (Phi) is 5.74. The lowest BCUT2D eigenvalue weighted by atomic mass is 10.1. The number of rotatable bonds is 5. The largest absolute Gasteiger partial charge is 0.350 e. The zero-order valence-electron chi connectivity index (χ0n) is 14.7. The van der Waals surface area contributed by atoms with Gasteiger partial charge in [-0.15, -0.1) is 0 Å². The Morgan fingerprint density at radius 1 is 1.36 bits per heavy atom. The van der Waals surface area contributed by atoms with E-state index in [1.807, 2.05) is 47.6 Å². The van der Waals surface area contributed by atoms with Crippen LogP contribution in [0.4, 0.5) is 0 Å². The third-order valence-corrected chi connectivity index (χ3v) is 3.15. The summed E-state index contributed by atoms with van der Waals surface area (Å²) < 4.78 is 1.69. The summed E-state index contributed by atoms with van der Waals surface area (Å²) in [6.07, 6.45) is 0. The molecule has 1 N–H and O–H groups in total. The number of likely N-dealkylation sites (N-methyl/N-ethyl adjacent to an activating group) is 1. The van der Waals surface area contributed by atoms with Crippen LogP contribution in [0.5, 0.6) is 0 Å². The Morgan fingerprint density at radius 2 is 1.95 bits per heavy atom. The molecule has 6 heteroatoms. The highest BCUT2D eigenvalue weighted by molar-refractivity contribution is 5.95. The second-order valence-corrected chi connectivity index (χ2v) is 6.88. The predicted octanol–water partition coefficient (Wildman–Crippen LogP) is 2.01. The lowest BCUT2D eigenvalue weighted by molar-refractivity contribution is -0.122. The highest BCUT2D eigenvalue weighted by Gasteiger charge is 2.22. The lowest BCUT2D eigenvalue weighted by Gasteiger charge is -2.23. The van der Waals surface area contributed by atoms with E-state index < -0.39 is 0 Å². The maximum Gasteiger partial charge on any atom is 0.272 e. The first-order valence-electron chi connectivity index (χ1n) is 7.69. The Hall–Kier alpha value is -1.85. The summed E-state index contributed by atoms with van der Waals surface area (Å²) in [7, 11) is 1.63. The molecule has 0 atom stereocenters. The van der Waals surface area contributed by atoms with Crippen molar-refractivity contribution >= 4 is 11.8 Å². The van der Waals surface area contributed by atoms with E-state index in [4.69, 9.17) is 0 Å². The van der Waals surface area contributed by atoms with Gasteiger partial charge in [0, 0.05) is 19.1 Å². The van der Waals surface area contributed by atoms with Crippen molar-refractivity contribution in [3.63, 3.8) is 0 Å². The van der Waals surface area contributed by atoms with Crippen molar-refractivity contribution < 1.29 is 9.59 Å². The van der Waals surface area contributed by atoms with Crippen molar-refractivity contribution in [3.8, 4) is 0 Å². The zero-order chi connectivity index (χ0) is 17.1. The van der Waals surface area contributed by atoms with Crippen molar-refractivity contribution in [2.75, 3.05) is 13.6 Å². The van der Waals surface area contributed by atoms with Gasteiger partial charge in [0.25, 0.3) is 5.91 Å². The van der Waals surface area contributed by atoms with E-state index >= 15 is 0 Å². The van der Waals surface area contributed by atoms with E-state index in [2.05, 4.69) is 10.4 Å². The molecule has 22 heavy (non-hydrogen) atoms. The molecule has 124 valence electrons. The molecule has 2 amide bonds. The summed E-state index contributed by atoms with van der Waals surface area (Å²) in [6.45, 7) is 12.4. The number of carbonyl (C=O) groups excluding carboxylic acids is 2. The Labute approximate surface area is 132 Å². The Bertz CT molecular complexity index is 541. The van der Waals surface area contributed by atoms with E-state index in [0.717, 1.165) is 5.69 Å². The molecule has 1 aromatic rings. The van der Waals surface area contributed by atoms with Crippen LogP contribution >= 0.6 is 0 Å². The van der Waals surface area contributed by atoms with E-state index in [1.165, 1.54) is 4.90 Å². The fraction of sp³-hybridized carbons (Fsp3) is 0.688. The average Bonchev–Trinajstić information content (AvgIpc) is 2.79. The maximum absolute atomic E-state index is 12.5. The van der Waals surface area contributed by atoms with E-state index in [9.17, 15) is 9.59 Å². The molecule has 0 saturated carbocycles. The minimum atomic E-state index is -0.309. The number of amides is 2. The number of hydrogen-bond acceptors (Lipinski definition) is 3. The van der Waals surface area contributed by atoms with Crippen LogP contribution in [0, 0.1) is 0 Å². The van der Waals surface area contributed by atoms with Gasteiger partial charge in [-0.3, -0.25) is 14.3 Å². The molecule has 0 fully saturated rings. The van der Waals surface area contributed by atoms with Gasteiger partial charge in [0.1, 0.15) is 5.69 Å². The number of nitrogens with one attached hydrogen (secondary N) is 1. The molecule has 0 aliphatic rings. The third kappa shape index (κ3) is 4.86. The van der Waals surface area contributed by atoms with Crippen LogP contribution in [0.25, 0.3) is 0 Å². The van der Waals surface area contributed by atoms with Gasteiger partial charge in [-0.25, -0.2) is 0 Å². The minimum Gasteiger partial charge on any atom is -0.350 e. The van der Waals surface area contributed by atoms with Crippen LogP contribution in [-0.4, -0.2) is 45.6 Å². The van der Waals surface area contributed by atoms with Crippen molar-refractivity contribution in [1.82, 2.24) is 20.0 Å². The molecule has 0 aliphatic heterocycles.